The Morgan fingerprint density at radius 2 is 1.52 bits per heavy atom. The Bertz CT molecular complexity index is 1160. The van der Waals surface area contributed by atoms with Crippen LogP contribution in [0.2, 0.25) is 0 Å². The van der Waals surface area contributed by atoms with Crippen LogP contribution in [0.3, 0.4) is 0 Å². The van der Waals surface area contributed by atoms with Crippen LogP contribution >= 0.6 is 0 Å². The van der Waals surface area contributed by atoms with Crippen LogP contribution in [0.25, 0.3) is 0 Å². The number of hydrogen-bond donors (Lipinski definition) is 1. The Morgan fingerprint density at radius 3 is 2.10 bits per heavy atom. The van der Waals surface area contributed by atoms with Crippen molar-refractivity contribution in [1.29, 1.82) is 0 Å². The second-order valence-corrected chi connectivity index (χ2v) is 9.29. The fraction of sp³-hybridized carbons (Fsp3) is 0.208. The highest BCUT2D eigenvalue weighted by Crippen LogP contribution is 2.25. The topological polar surface area (TPSA) is 75.7 Å². The number of amides is 1. The maximum atomic E-state index is 12.9. The standard InChI is InChI=1S/C24H26N2O4S/c1-17-10-13-21(16-18(17)2)26(31(4,28)29)19(3)24(27)25-20-11-14-23(15-12-20)30-22-8-6-5-7-9-22/h5-16,19H,1-4H3,(H,25,27)/t19-/m0/s1. The van der Waals surface area contributed by atoms with E-state index in [4.69, 9.17) is 4.74 Å². The van der Waals surface area contributed by atoms with Crippen LogP contribution in [0.5, 0.6) is 11.5 Å². The van der Waals surface area contributed by atoms with Gasteiger partial charge in [-0.05, 0) is 80.4 Å². The highest BCUT2D eigenvalue weighted by atomic mass is 32.2. The number of nitrogens with zero attached hydrogens (tertiary/aromatic N) is 1. The lowest BCUT2D eigenvalue weighted by molar-refractivity contribution is -0.116. The summed E-state index contributed by atoms with van der Waals surface area (Å²) in [7, 11) is -3.67. The number of carbonyl (C=O) groups excluding carboxylic acids is 1. The van der Waals surface area contributed by atoms with E-state index in [1.165, 1.54) is 0 Å². The van der Waals surface area contributed by atoms with Crippen molar-refractivity contribution < 1.29 is 17.9 Å². The number of carbonyl (C=O) groups is 1. The number of hydrogen-bond acceptors (Lipinski definition) is 4. The molecule has 3 aromatic carbocycles. The first-order chi connectivity index (χ1) is 14.6. The van der Waals surface area contributed by atoms with E-state index in [1.807, 2.05) is 50.2 Å². The average molecular weight is 439 g/mol. The number of ether oxygens (including phenoxy) is 1. The van der Waals surface area contributed by atoms with E-state index >= 15 is 0 Å². The molecular weight excluding hydrogens is 412 g/mol. The Kier molecular flexibility index (Phi) is 6.65. The molecule has 0 spiro atoms. The number of anilines is 2. The van der Waals surface area contributed by atoms with E-state index in [-0.39, 0.29) is 0 Å². The molecule has 0 saturated heterocycles. The third kappa shape index (κ3) is 5.64. The summed E-state index contributed by atoms with van der Waals surface area (Å²) in [5.41, 5.74) is 3.01. The van der Waals surface area contributed by atoms with E-state index < -0.39 is 22.0 Å². The third-order valence-corrected chi connectivity index (χ3v) is 6.18. The number of rotatable bonds is 7. The predicted octanol–water partition coefficient (Wildman–Crippen LogP) is 4.89. The first-order valence-corrected chi connectivity index (χ1v) is 11.7. The minimum absolute atomic E-state index is 0.430. The summed E-state index contributed by atoms with van der Waals surface area (Å²) in [6.45, 7) is 5.42. The van der Waals surface area contributed by atoms with Crippen molar-refractivity contribution >= 4 is 27.3 Å². The minimum Gasteiger partial charge on any atom is -0.457 e. The van der Waals surface area contributed by atoms with Gasteiger partial charge in [0.05, 0.1) is 11.9 Å². The van der Waals surface area contributed by atoms with Gasteiger partial charge in [0.25, 0.3) is 0 Å². The molecule has 31 heavy (non-hydrogen) atoms. The van der Waals surface area contributed by atoms with Crippen LogP contribution in [-0.2, 0) is 14.8 Å². The summed E-state index contributed by atoms with van der Waals surface area (Å²) in [6, 6.07) is 20.7. The van der Waals surface area contributed by atoms with Crippen LogP contribution < -0.4 is 14.4 Å². The molecule has 162 valence electrons. The normalized spacial score (nSPS) is 12.1. The molecule has 3 rings (SSSR count). The van der Waals surface area contributed by atoms with Gasteiger partial charge in [-0.15, -0.1) is 0 Å². The summed E-state index contributed by atoms with van der Waals surface area (Å²) in [5.74, 6) is 0.913. The fourth-order valence-electron chi connectivity index (χ4n) is 3.15. The van der Waals surface area contributed by atoms with Crippen molar-refractivity contribution in [3.05, 3.63) is 83.9 Å². The maximum absolute atomic E-state index is 12.9. The first-order valence-electron chi connectivity index (χ1n) is 9.85. The molecule has 1 amide bonds. The zero-order chi connectivity index (χ0) is 22.6. The molecule has 0 aliphatic rings. The van der Waals surface area contributed by atoms with Gasteiger partial charge >= 0.3 is 0 Å². The monoisotopic (exact) mass is 438 g/mol. The van der Waals surface area contributed by atoms with E-state index in [0.29, 0.717) is 22.9 Å². The molecule has 0 saturated carbocycles. The molecule has 1 atom stereocenters. The van der Waals surface area contributed by atoms with Crippen LogP contribution in [0.1, 0.15) is 18.1 Å². The van der Waals surface area contributed by atoms with Gasteiger partial charge in [-0.3, -0.25) is 9.10 Å². The number of para-hydroxylation sites is 1. The van der Waals surface area contributed by atoms with Crippen molar-refractivity contribution in [2.45, 2.75) is 26.8 Å². The van der Waals surface area contributed by atoms with Crippen molar-refractivity contribution in [1.82, 2.24) is 0 Å². The number of aryl methyl sites for hydroxylation is 2. The van der Waals surface area contributed by atoms with Gasteiger partial charge in [0.15, 0.2) is 0 Å². The fourth-order valence-corrected chi connectivity index (χ4v) is 4.32. The van der Waals surface area contributed by atoms with E-state index in [0.717, 1.165) is 21.7 Å². The molecule has 0 radical (unpaired) electrons. The summed E-state index contributed by atoms with van der Waals surface area (Å²) < 4.78 is 31.8. The van der Waals surface area contributed by atoms with Crippen molar-refractivity contribution in [2.24, 2.45) is 0 Å². The molecule has 3 aromatic rings. The SMILES string of the molecule is Cc1ccc(N([C@@H](C)C(=O)Nc2ccc(Oc3ccccc3)cc2)S(C)(=O)=O)cc1C. The van der Waals surface area contributed by atoms with Gasteiger partial charge < -0.3 is 10.1 Å². The second kappa shape index (κ2) is 9.22. The number of sulfonamides is 1. The number of nitrogens with one attached hydrogen (secondary N) is 1. The van der Waals surface area contributed by atoms with Crippen molar-refractivity contribution in [3.8, 4) is 11.5 Å². The quantitative estimate of drug-likeness (QED) is 0.570. The molecular formula is C24H26N2O4S. The van der Waals surface area contributed by atoms with Crippen LogP contribution in [-0.4, -0.2) is 26.6 Å². The maximum Gasteiger partial charge on any atom is 0.247 e. The van der Waals surface area contributed by atoms with Gasteiger partial charge in [0.2, 0.25) is 15.9 Å². The van der Waals surface area contributed by atoms with E-state index in [1.54, 1.807) is 43.3 Å². The molecule has 0 fully saturated rings. The van der Waals surface area contributed by atoms with E-state index in [2.05, 4.69) is 5.32 Å². The Hall–Kier alpha value is -3.32. The molecule has 0 aliphatic carbocycles. The second-order valence-electron chi connectivity index (χ2n) is 7.43. The molecule has 1 N–H and O–H groups in total. The molecule has 0 unspecified atom stereocenters. The highest BCUT2D eigenvalue weighted by molar-refractivity contribution is 7.92. The van der Waals surface area contributed by atoms with E-state index in [9.17, 15) is 13.2 Å². The highest BCUT2D eigenvalue weighted by Gasteiger charge is 2.29. The molecule has 0 aromatic heterocycles. The molecule has 0 aliphatic heterocycles. The average Bonchev–Trinajstić information content (AvgIpc) is 2.72. The molecule has 0 bridgehead atoms. The van der Waals surface area contributed by atoms with Crippen molar-refractivity contribution in [3.63, 3.8) is 0 Å². The summed E-state index contributed by atoms with van der Waals surface area (Å²) >= 11 is 0. The van der Waals surface area contributed by atoms with Gasteiger partial charge in [-0.2, -0.15) is 0 Å². The van der Waals surface area contributed by atoms with Crippen LogP contribution in [0.15, 0.2) is 72.8 Å². The lowest BCUT2D eigenvalue weighted by atomic mass is 10.1. The van der Waals surface area contributed by atoms with Gasteiger partial charge in [0, 0.05) is 5.69 Å². The summed E-state index contributed by atoms with van der Waals surface area (Å²) in [5, 5.41) is 2.78. The first kappa shape index (κ1) is 22.4. The lowest BCUT2D eigenvalue weighted by Crippen LogP contribution is -2.45. The third-order valence-electron chi connectivity index (χ3n) is 4.93. The predicted molar refractivity (Wildman–Crippen MR) is 124 cm³/mol. The Morgan fingerprint density at radius 1 is 0.903 bits per heavy atom. The minimum atomic E-state index is -3.67. The Balaban J connectivity index is 1.75. The molecule has 0 heterocycles. The van der Waals surface area contributed by atoms with Crippen LogP contribution in [0.4, 0.5) is 11.4 Å². The largest absolute Gasteiger partial charge is 0.457 e. The smallest absolute Gasteiger partial charge is 0.247 e. The summed E-state index contributed by atoms with van der Waals surface area (Å²) in [4.78, 5) is 12.9. The zero-order valence-electron chi connectivity index (χ0n) is 18.0. The van der Waals surface area contributed by atoms with Gasteiger partial charge in [0.1, 0.15) is 17.5 Å². The van der Waals surface area contributed by atoms with Crippen molar-refractivity contribution in [2.75, 3.05) is 15.9 Å². The molecule has 6 nitrogen and oxygen atoms in total. The summed E-state index contributed by atoms with van der Waals surface area (Å²) in [6.07, 6.45) is 1.10. The lowest BCUT2D eigenvalue weighted by Gasteiger charge is -2.28. The Labute approximate surface area is 183 Å². The van der Waals surface area contributed by atoms with Gasteiger partial charge in [-0.25, -0.2) is 8.42 Å². The van der Waals surface area contributed by atoms with Crippen LogP contribution in [0, 0.1) is 13.8 Å². The zero-order valence-corrected chi connectivity index (χ0v) is 18.8. The molecule has 7 heteroatoms. The number of benzene rings is 3. The van der Waals surface area contributed by atoms with Gasteiger partial charge in [-0.1, -0.05) is 24.3 Å².